The summed E-state index contributed by atoms with van der Waals surface area (Å²) in [7, 11) is 0.218. The number of hydrogen-bond acceptors (Lipinski definition) is 6. The molecule has 0 saturated carbocycles. The fourth-order valence-corrected chi connectivity index (χ4v) is 1.38. The molecule has 0 bridgehead atoms. The monoisotopic (exact) mass is 289 g/mol. The second-order valence-corrected chi connectivity index (χ2v) is 4.01. The molecule has 6 nitrogen and oxygen atoms in total. The van der Waals surface area contributed by atoms with Crippen LogP contribution >= 0.6 is 0 Å². The minimum atomic E-state index is -3.11. The Kier molecular flexibility index (Phi) is 9.46. The zero-order chi connectivity index (χ0) is 14.7. The Bertz CT molecular complexity index is 443. The maximum atomic E-state index is 8.44. The Morgan fingerprint density at radius 1 is 1.05 bits per heavy atom. The quantitative estimate of drug-likeness (QED) is 0.792. The average Bonchev–Trinajstić information content (AvgIpc) is 2.38. The predicted octanol–water partition coefficient (Wildman–Crippen LogP) is 1.20. The molecule has 0 heterocycles. The minimum absolute atomic E-state index is 0.836. The summed E-state index contributed by atoms with van der Waals surface area (Å²) in [5.74, 6) is 1.67. The highest BCUT2D eigenvalue weighted by molar-refractivity contribution is 7.59. The number of benzene rings is 1. The van der Waals surface area contributed by atoms with E-state index in [0.29, 0.717) is 0 Å². The summed E-state index contributed by atoms with van der Waals surface area (Å²) in [6.45, 7) is 4.03. The Labute approximate surface area is 114 Å². The highest BCUT2D eigenvalue weighted by Gasteiger charge is 2.00. The van der Waals surface area contributed by atoms with Gasteiger partial charge in [0.05, 0.1) is 14.2 Å². The standard InChI is InChI=1S/C12H19NO2.O3S/c1-4-5-13-9-10-6-11(14-2)8-12(7-10)15-3;1-4(2)3/h6-8,13H,4-5,9H2,1-3H3;. The van der Waals surface area contributed by atoms with E-state index in [9.17, 15) is 0 Å². The molecule has 0 radical (unpaired) electrons. The number of hydrogen-bond donors (Lipinski definition) is 1. The zero-order valence-corrected chi connectivity index (χ0v) is 12.1. The Morgan fingerprint density at radius 2 is 1.53 bits per heavy atom. The van der Waals surface area contributed by atoms with E-state index in [2.05, 4.69) is 12.2 Å². The topological polar surface area (TPSA) is 81.7 Å². The predicted molar refractivity (Wildman–Crippen MR) is 71.2 cm³/mol. The van der Waals surface area contributed by atoms with Gasteiger partial charge in [-0.1, -0.05) is 6.92 Å². The molecule has 1 N–H and O–H groups in total. The van der Waals surface area contributed by atoms with Crippen LogP contribution in [0.5, 0.6) is 11.5 Å². The van der Waals surface area contributed by atoms with Crippen LogP contribution in [0.25, 0.3) is 0 Å². The van der Waals surface area contributed by atoms with E-state index >= 15 is 0 Å². The third-order valence-electron chi connectivity index (χ3n) is 2.17. The van der Waals surface area contributed by atoms with Gasteiger partial charge in [-0.15, -0.1) is 12.6 Å². The second-order valence-electron chi connectivity index (χ2n) is 3.60. The van der Waals surface area contributed by atoms with Gasteiger partial charge in [-0.25, -0.2) is 0 Å². The van der Waals surface area contributed by atoms with Gasteiger partial charge in [-0.3, -0.25) is 0 Å². The summed E-state index contributed by atoms with van der Waals surface area (Å²) in [6.07, 6.45) is 1.14. The maximum Gasteiger partial charge on any atom is 0.425 e. The Hall–Kier alpha value is -1.60. The number of nitrogens with one attached hydrogen (secondary N) is 1. The fourth-order valence-electron chi connectivity index (χ4n) is 1.38. The minimum Gasteiger partial charge on any atom is -0.497 e. The van der Waals surface area contributed by atoms with E-state index in [-0.39, 0.29) is 0 Å². The van der Waals surface area contributed by atoms with Crippen LogP contribution in [0.3, 0.4) is 0 Å². The molecule has 0 unspecified atom stereocenters. The normalized spacial score (nSPS) is 9.21. The molecule has 0 aliphatic rings. The smallest absolute Gasteiger partial charge is 0.425 e. The van der Waals surface area contributed by atoms with Gasteiger partial charge in [0.15, 0.2) is 0 Å². The fraction of sp³-hybridized carbons (Fsp3) is 0.500. The first-order valence-corrected chi connectivity index (χ1v) is 6.72. The lowest BCUT2D eigenvalue weighted by Gasteiger charge is -2.08. The van der Waals surface area contributed by atoms with Crippen LogP contribution in [0.1, 0.15) is 18.9 Å². The van der Waals surface area contributed by atoms with E-state index in [4.69, 9.17) is 22.1 Å². The summed E-state index contributed by atoms with van der Waals surface area (Å²) in [4.78, 5) is 0. The van der Waals surface area contributed by atoms with Gasteiger partial charge in [-0.2, -0.15) is 0 Å². The van der Waals surface area contributed by atoms with Gasteiger partial charge >= 0.3 is 10.6 Å². The third kappa shape index (κ3) is 9.04. The third-order valence-corrected chi connectivity index (χ3v) is 2.17. The van der Waals surface area contributed by atoms with Crippen molar-refractivity contribution < 1.29 is 22.1 Å². The van der Waals surface area contributed by atoms with Crippen molar-refractivity contribution in [2.24, 2.45) is 0 Å². The van der Waals surface area contributed by atoms with Gasteiger partial charge in [0.25, 0.3) is 0 Å². The van der Waals surface area contributed by atoms with Gasteiger partial charge in [-0.05, 0) is 30.7 Å². The lowest BCUT2D eigenvalue weighted by atomic mass is 10.2. The molecule has 1 aromatic rings. The molecule has 1 aromatic carbocycles. The molecule has 0 saturated heterocycles. The van der Waals surface area contributed by atoms with Gasteiger partial charge in [0.1, 0.15) is 11.5 Å². The first-order valence-electron chi connectivity index (χ1n) is 5.72. The molecule has 108 valence electrons. The highest BCUT2D eigenvalue weighted by atomic mass is 32.2. The zero-order valence-electron chi connectivity index (χ0n) is 11.3. The molecule has 0 aliphatic heterocycles. The van der Waals surface area contributed by atoms with E-state index in [0.717, 1.165) is 31.0 Å². The van der Waals surface area contributed by atoms with Crippen LogP contribution < -0.4 is 14.8 Å². The lowest BCUT2D eigenvalue weighted by molar-refractivity contribution is 0.393. The highest BCUT2D eigenvalue weighted by Crippen LogP contribution is 2.22. The van der Waals surface area contributed by atoms with Gasteiger partial charge < -0.3 is 14.8 Å². The van der Waals surface area contributed by atoms with E-state index < -0.39 is 10.6 Å². The number of rotatable bonds is 6. The first-order chi connectivity index (χ1) is 9.03. The molecule has 0 atom stereocenters. The van der Waals surface area contributed by atoms with E-state index in [1.165, 1.54) is 5.56 Å². The molecule has 0 aromatic heterocycles. The van der Waals surface area contributed by atoms with Crippen molar-refractivity contribution >= 4 is 10.6 Å². The van der Waals surface area contributed by atoms with Crippen molar-refractivity contribution in [2.45, 2.75) is 19.9 Å². The van der Waals surface area contributed by atoms with Gasteiger partial charge in [0, 0.05) is 12.6 Å². The first kappa shape index (κ1) is 17.4. The average molecular weight is 289 g/mol. The van der Waals surface area contributed by atoms with Crippen molar-refractivity contribution in [3.05, 3.63) is 23.8 Å². The SMILES string of the molecule is CCCNCc1cc(OC)cc(OC)c1.O=S(=O)=O. The van der Waals surface area contributed by atoms with Crippen molar-refractivity contribution in [1.82, 2.24) is 5.32 Å². The van der Waals surface area contributed by atoms with Crippen LogP contribution in [0, 0.1) is 0 Å². The molecule has 7 heteroatoms. The van der Waals surface area contributed by atoms with Gasteiger partial charge in [0.2, 0.25) is 0 Å². The summed E-state index contributed by atoms with van der Waals surface area (Å²) >= 11 is 0. The van der Waals surface area contributed by atoms with E-state index in [1.807, 2.05) is 18.2 Å². The van der Waals surface area contributed by atoms with Crippen molar-refractivity contribution in [3.8, 4) is 11.5 Å². The van der Waals surface area contributed by atoms with Crippen molar-refractivity contribution in [1.29, 1.82) is 0 Å². The number of ether oxygens (including phenoxy) is 2. The van der Waals surface area contributed by atoms with Crippen LogP contribution in [-0.4, -0.2) is 33.4 Å². The molecular weight excluding hydrogens is 270 g/mol. The van der Waals surface area contributed by atoms with Crippen LogP contribution in [-0.2, 0) is 17.2 Å². The molecule has 0 spiro atoms. The summed E-state index contributed by atoms with van der Waals surface area (Å²) in [5, 5.41) is 3.34. The Morgan fingerprint density at radius 3 is 1.89 bits per heavy atom. The van der Waals surface area contributed by atoms with Crippen LogP contribution in [0.2, 0.25) is 0 Å². The number of methoxy groups -OCH3 is 2. The molecule has 0 aliphatic carbocycles. The van der Waals surface area contributed by atoms with Crippen molar-refractivity contribution in [3.63, 3.8) is 0 Å². The molecular formula is C12H19NO5S. The molecule has 1 rings (SSSR count). The maximum absolute atomic E-state index is 8.44. The van der Waals surface area contributed by atoms with Crippen LogP contribution in [0.4, 0.5) is 0 Å². The van der Waals surface area contributed by atoms with Crippen LogP contribution in [0.15, 0.2) is 18.2 Å². The lowest BCUT2D eigenvalue weighted by Crippen LogP contribution is -2.13. The summed E-state index contributed by atoms with van der Waals surface area (Å²) in [6, 6.07) is 5.92. The Balaban J connectivity index is 0.000000711. The summed E-state index contributed by atoms with van der Waals surface area (Å²) in [5.41, 5.74) is 1.18. The summed E-state index contributed by atoms with van der Waals surface area (Å²) < 4.78 is 35.7. The molecule has 19 heavy (non-hydrogen) atoms. The largest absolute Gasteiger partial charge is 0.497 e. The molecule has 0 fully saturated rings. The van der Waals surface area contributed by atoms with E-state index in [1.54, 1.807) is 14.2 Å². The second kappa shape index (κ2) is 10.3. The molecule has 0 amide bonds. The van der Waals surface area contributed by atoms with Crippen molar-refractivity contribution in [2.75, 3.05) is 20.8 Å².